The van der Waals surface area contributed by atoms with Gasteiger partial charge in [0.2, 0.25) is 5.13 Å². The Labute approximate surface area is 188 Å². The van der Waals surface area contributed by atoms with Gasteiger partial charge in [-0.1, -0.05) is 12.1 Å². The number of rotatable bonds is 6. The number of anilines is 1. The summed E-state index contributed by atoms with van der Waals surface area (Å²) < 4.78 is 28.6. The van der Waals surface area contributed by atoms with E-state index in [1.54, 1.807) is 30.3 Å². The first-order chi connectivity index (χ1) is 15.5. The minimum atomic E-state index is -0.351. The number of thiophene rings is 1. The second-order valence-electron chi connectivity index (χ2n) is 8.21. The third kappa shape index (κ3) is 3.78. The Morgan fingerprint density at radius 3 is 2.19 bits per heavy atom. The first-order valence-corrected chi connectivity index (χ1v) is 11.6. The van der Waals surface area contributed by atoms with Gasteiger partial charge in [0, 0.05) is 42.8 Å². The predicted molar refractivity (Wildman–Crippen MR) is 121 cm³/mol. The largest absolute Gasteiger partial charge is 0.365 e. The number of piperazine rings is 1. The number of fused-ring (bicyclic) bond motifs is 2. The molecule has 0 spiro atoms. The molecule has 1 fully saturated rings. The fourth-order valence-electron chi connectivity index (χ4n) is 4.56. The van der Waals surface area contributed by atoms with Crippen molar-refractivity contribution in [1.29, 1.82) is 0 Å². The molecule has 1 aromatic heterocycles. The maximum Gasteiger partial charge on any atom is 0.261 e. The topological polar surface area (TPSA) is 43.9 Å². The van der Waals surface area contributed by atoms with Gasteiger partial charge in [0.1, 0.15) is 5.82 Å². The summed E-state index contributed by atoms with van der Waals surface area (Å²) in [6, 6.07) is 11.4. The van der Waals surface area contributed by atoms with Crippen LogP contribution in [0.5, 0.6) is 0 Å². The van der Waals surface area contributed by atoms with Gasteiger partial charge in [-0.05, 0) is 49.7 Å². The van der Waals surface area contributed by atoms with E-state index in [9.17, 15) is 18.4 Å². The van der Waals surface area contributed by atoms with Gasteiger partial charge >= 0.3 is 0 Å². The molecule has 3 aromatic rings. The molecule has 2 amide bonds. The van der Waals surface area contributed by atoms with Gasteiger partial charge in [-0.2, -0.15) is 4.39 Å². The number of unbranched alkanes of at least 4 members (excludes halogenated alkanes) is 1. The van der Waals surface area contributed by atoms with E-state index < -0.39 is 0 Å². The van der Waals surface area contributed by atoms with Crippen LogP contribution in [0.1, 0.15) is 33.6 Å². The van der Waals surface area contributed by atoms with Crippen molar-refractivity contribution in [2.75, 3.05) is 44.2 Å². The van der Waals surface area contributed by atoms with Gasteiger partial charge in [0.25, 0.3) is 11.8 Å². The van der Waals surface area contributed by atoms with Crippen molar-refractivity contribution in [3.05, 3.63) is 64.5 Å². The summed E-state index contributed by atoms with van der Waals surface area (Å²) in [6.07, 6.45) is 1.63. The molecule has 2 aromatic carbocycles. The molecule has 5 nitrogen and oxygen atoms in total. The molecular weight excluding hydrogens is 432 g/mol. The van der Waals surface area contributed by atoms with Crippen LogP contribution in [-0.4, -0.2) is 60.9 Å². The van der Waals surface area contributed by atoms with Crippen LogP contribution in [0.2, 0.25) is 0 Å². The van der Waals surface area contributed by atoms with Crippen LogP contribution >= 0.6 is 11.3 Å². The Morgan fingerprint density at radius 2 is 1.50 bits per heavy atom. The second kappa shape index (κ2) is 8.60. The monoisotopic (exact) mass is 455 g/mol. The van der Waals surface area contributed by atoms with Gasteiger partial charge in [0.05, 0.1) is 16.8 Å². The number of nitrogens with zero attached hydrogens (tertiary/aromatic N) is 3. The summed E-state index contributed by atoms with van der Waals surface area (Å²) in [5.74, 6) is -0.760. The van der Waals surface area contributed by atoms with E-state index in [-0.39, 0.29) is 22.8 Å². The summed E-state index contributed by atoms with van der Waals surface area (Å²) in [5.41, 5.74) is 1.56. The van der Waals surface area contributed by atoms with Gasteiger partial charge in [-0.15, -0.1) is 11.3 Å². The highest BCUT2D eigenvalue weighted by Gasteiger charge is 2.34. The normalized spacial score (nSPS) is 16.9. The lowest BCUT2D eigenvalue weighted by atomic mass is 10.1. The number of imide groups is 1. The number of carbonyl (C=O) groups is 2. The van der Waals surface area contributed by atoms with Crippen molar-refractivity contribution in [3.8, 4) is 0 Å². The summed E-state index contributed by atoms with van der Waals surface area (Å²) in [5, 5.41) is 0.503. The lowest BCUT2D eigenvalue weighted by Gasteiger charge is -2.36. The minimum absolute atomic E-state index is 0.205. The third-order valence-electron chi connectivity index (χ3n) is 6.26. The van der Waals surface area contributed by atoms with E-state index in [0.717, 1.165) is 49.2 Å². The molecule has 32 heavy (non-hydrogen) atoms. The van der Waals surface area contributed by atoms with Crippen LogP contribution in [0.15, 0.2) is 42.5 Å². The van der Waals surface area contributed by atoms with Crippen LogP contribution in [-0.2, 0) is 0 Å². The zero-order chi connectivity index (χ0) is 22.2. The molecule has 0 unspecified atom stereocenters. The van der Waals surface area contributed by atoms with Crippen LogP contribution in [0.4, 0.5) is 14.5 Å². The molecule has 2 aliphatic rings. The smallest absolute Gasteiger partial charge is 0.261 e. The molecule has 0 N–H and O–H groups in total. The number of halogens is 2. The maximum atomic E-state index is 14.6. The van der Waals surface area contributed by atoms with Gasteiger partial charge < -0.3 is 4.90 Å². The predicted octanol–water partition coefficient (Wildman–Crippen LogP) is 4.38. The first kappa shape index (κ1) is 21.0. The third-order valence-corrected chi connectivity index (χ3v) is 7.19. The van der Waals surface area contributed by atoms with E-state index in [2.05, 4.69) is 4.90 Å². The maximum absolute atomic E-state index is 14.6. The lowest BCUT2D eigenvalue weighted by molar-refractivity contribution is 0.0650. The number of hydrogen-bond acceptors (Lipinski definition) is 5. The zero-order valence-electron chi connectivity index (χ0n) is 17.5. The molecule has 2 aliphatic heterocycles. The molecular formula is C24H23F2N3O2S. The molecule has 5 rings (SSSR count). The highest BCUT2D eigenvalue weighted by atomic mass is 32.1. The molecule has 0 aliphatic carbocycles. The Bertz CT molecular complexity index is 1150. The molecule has 3 heterocycles. The zero-order valence-corrected chi connectivity index (χ0v) is 18.3. The second-order valence-corrected chi connectivity index (χ2v) is 9.21. The number of hydrogen-bond donors (Lipinski definition) is 0. The SMILES string of the molecule is O=C1c2ccccc2C(=O)N1CCCCN1CCN(c2c(F)sc3cc(F)ccc23)CC1. The number of amides is 2. The molecule has 1 saturated heterocycles. The van der Waals surface area contributed by atoms with E-state index in [4.69, 9.17) is 0 Å². The quantitative estimate of drug-likeness (QED) is 0.409. The lowest BCUT2D eigenvalue weighted by Crippen LogP contribution is -2.46. The number of benzene rings is 2. The van der Waals surface area contributed by atoms with Crippen molar-refractivity contribution < 1.29 is 18.4 Å². The Morgan fingerprint density at radius 1 is 0.844 bits per heavy atom. The van der Waals surface area contributed by atoms with Crippen molar-refractivity contribution in [1.82, 2.24) is 9.80 Å². The van der Waals surface area contributed by atoms with Gasteiger partial charge in [-0.25, -0.2) is 4.39 Å². The molecule has 0 bridgehead atoms. The fraction of sp³-hybridized carbons (Fsp3) is 0.333. The molecule has 8 heteroatoms. The van der Waals surface area contributed by atoms with Crippen LogP contribution in [0.25, 0.3) is 10.1 Å². The molecule has 166 valence electrons. The Hall–Kier alpha value is -2.84. The number of carbonyl (C=O) groups excluding carboxylic acids is 2. The van der Waals surface area contributed by atoms with Crippen molar-refractivity contribution >= 4 is 38.9 Å². The minimum Gasteiger partial charge on any atom is -0.365 e. The van der Waals surface area contributed by atoms with Crippen LogP contribution < -0.4 is 4.90 Å². The fourth-order valence-corrected chi connectivity index (χ4v) is 5.54. The highest BCUT2D eigenvalue weighted by Crippen LogP contribution is 2.37. The Balaban J connectivity index is 1.11. The molecule has 0 atom stereocenters. The van der Waals surface area contributed by atoms with Crippen molar-refractivity contribution in [2.45, 2.75) is 12.8 Å². The Kier molecular flexibility index (Phi) is 5.65. The summed E-state index contributed by atoms with van der Waals surface area (Å²) >= 11 is 0.990. The molecule has 0 radical (unpaired) electrons. The van der Waals surface area contributed by atoms with E-state index in [1.165, 1.54) is 17.0 Å². The summed E-state index contributed by atoms with van der Waals surface area (Å²) in [4.78, 5) is 30.6. The van der Waals surface area contributed by atoms with Crippen LogP contribution in [0.3, 0.4) is 0 Å². The van der Waals surface area contributed by atoms with Gasteiger partial charge in [0.15, 0.2) is 0 Å². The van der Waals surface area contributed by atoms with Crippen LogP contribution in [0, 0.1) is 10.9 Å². The van der Waals surface area contributed by atoms with Crippen molar-refractivity contribution in [3.63, 3.8) is 0 Å². The molecule has 0 saturated carbocycles. The van der Waals surface area contributed by atoms with Gasteiger partial charge in [-0.3, -0.25) is 19.4 Å². The first-order valence-electron chi connectivity index (χ1n) is 10.8. The van der Waals surface area contributed by atoms with Crippen molar-refractivity contribution in [2.24, 2.45) is 0 Å². The standard InChI is InChI=1S/C24H23F2N3O2S/c25-16-7-8-19-20(15-16)32-22(26)21(19)28-13-11-27(12-14-28)9-3-4-10-29-23(30)17-5-1-2-6-18(17)24(29)31/h1-2,5-8,15H,3-4,9-14H2. The average molecular weight is 456 g/mol. The van der Waals surface area contributed by atoms with E-state index in [1.807, 2.05) is 4.90 Å². The van der Waals surface area contributed by atoms with E-state index in [0.29, 0.717) is 41.1 Å². The summed E-state index contributed by atoms with van der Waals surface area (Å²) in [7, 11) is 0. The highest BCUT2D eigenvalue weighted by molar-refractivity contribution is 7.18. The van der Waals surface area contributed by atoms with E-state index >= 15 is 0 Å². The average Bonchev–Trinajstić information content (AvgIpc) is 3.25. The summed E-state index contributed by atoms with van der Waals surface area (Å²) in [6.45, 7) is 4.33.